The van der Waals surface area contributed by atoms with E-state index in [1.165, 1.54) is 12.1 Å². The fourth-order valence-corrected chi connectivity index (χ4v) is 4.52. The minimum atomic E-state index is -0.297. The summed E-state index contributed by atoms with van der Waals surface area (Å²) in [6.07, 6.45) is 6.83. The fourth-order valence-electron chi connectivity index (χ4n) is 3.20. The van der Waals surface area contributed by atoms with Crippen LogP contribution < -0.4 is 0 Å². The quantitative estimate of drug-likeness (QED) is 0.495. The van der Waals surface area contributed by atoms with Crippen LogP contribution in [0.1, 0.15) is 12.0 Å². The molecule has 1 aliphatic rings. The maximum Gasteiger partial charge on any atom is 0.141 e. The van der Waals surface area contributed by atoms with Crippen molar-refractivity contribution in [3.05, 3.63) is 83.2 Å². The molecule has 1 heterocycles. The molecule has 0 radical (unpaired) electrons. The van der Waals surface area contributed by atoms with Gasteiger partial charge in [-0.2, -0.15) is 5.26 Å². The second-order valence-electron chi connectivity index (χ2n) is 6.69. The number of hydrogen-bond donors (Lipinski definition) is 0. The SMILES string of the molecule is Cn1c(-c2cccc(F)c2)nc(-c2ccc(C#N)cc2)c1SC1C=CC(Cl)=CC1. The van der Waals surface area contributed by atoms with Crippen molar-refractivity contribution in [1.82, 2.24) is 9.55 Å². The summed E-state index contributed by atoms with van der Waals surface area (Å²) in [4.78, 5) is 4.85. The molecule has 1 aromatic heterocycles. The van der Waals surface area contributed by atoms with Gasteiger partial charge in [0.1, 0.15) is 22.4 Å². The molecule has 1 unspecified atom stereocenters. The van der Waals surface area contributed by atoms with Crippen LogP contribution in [-0.2, 0) is 7.05 Å². The number of nitrogens with zero attached hydrogens (tertiary/aromatic N) is 3. The Hall–Kier alpha value is -2.81. The molecule has 0 saturated heterocycles. The molecule has 0 fully saturated rings. The van der Waals surface area contributed by atoms with Crippen LogP contribution in [0.25, 0.3) is 22.6 Å². The minimum Gasteiger partial charge on any atom is -0.322 e. The summed E-state index contributed by atoms with van der Waals surface area (Å²) in [5.74, 6) is 0.398. The summed E-state index contributed by atoms with van der Waals surface area (Å²) in [7, 11) is 1.94. The third kappa shape index (κ3) is 4.14. The summed E-state index contributed by atoms with van der Waals surface area (Å²) < 4.78 is 15.8. The molecule has 4 rings (SSSR count). The van der Waals surface area contributed by atoms with Gasteiger partial charge in [0.15, 0.2) is 0 Å². The summed E-state index contributed by atoms with van der Waals surface area (Å²) >= 11 is 7.75. The highest BCUT2D eigenvalue weighted by Gasteiger charge is 2.21. The zero-order chi connectivity index (χ0) is 20.4. The van der Waals surface area contributed by atoms with Crippen LogP contribution in [-0.4, -0.2) is 14.8 Å². The number of rotatable bonds is 4. The average molecular weight is 422 g/mol. The van der Waals surface area contributed by atoms with E-state index in [0.29, 0.717) is 11.4 Å². The van der Waals surface area contributed by atoms with E-state index < -0.39 is 0 Å². The molecule has 0 N–H and O–H groups in total. The number of imidazole rings is 1. The fraction of sp³-hybridized carbons (Fsp3) is 0.130. The minimum absolute atomic E-state index is 0.227. The van der Waals surface area contributed by atoms with Crippen LogP contribution in [0.4, 0.5) is 4.39 Å². The lowest BCUT2D eigenvalue weighted by Gasteiger charge is -2.15. The van der Waals surface area contributed by atoms with E-state index in [4.69, 9.17) is 21.8 Å². The van der Waals surface area contributed by atoms with Crippen LogP contribution in [0.15, 0.2) is 76.8 Å². The highest BCUT2D eigenvalue weighted by molar-refractivity contribution is 8.00. The topological polar surface area (TPSA) is 41.6 Å². The molecule has 0 bridgehead atoms. The van der Waals surface area contributed by atoms with Crippen LogP contribution in [0.2, 0.25) is 0 Å². The Kier molecular flexibility index (Phi) is 5.57. The van der Waals surface area contributed by atoms with Crippen LogP contribution in [0.3, 0.4) is 0 Å². The van der Waals surface area contributed by atoms with E-state index in [2.05, 4.69) is 12.1 Å². The van der Waals surface area contributed by atoms with Crippen molar-refractivity contribution in [2.75, 3.05) is 0 Å². The monoisotopic (exact) mass is 421 g/mol. The van der Waals surface area contributed by atoms with Crippen molar-refractivity contribution in [3.63, 3.8) is 0 Å². The number of benzene rings is 2. The average Bonchev–Trinajstić information content (AvgIpc) is 3.06. The summed E-state index contributed by atoms with van der Waals surface area (Å²) in [5, 5.41) is 11.0. The van der Waals surface area contributed by atoms with Gasteiger partial charge in [-0.15, -0.1) is 0 Å². The third-order valence-corrected chi connectivity index (χ3v) is 6.31. The molecule has 0 aliphatic heterocycles. The molecule has 0 saturated carbocycles. The van der Waals surface area contributed by atoms with Gasteiger partial charge in [0.05, 0.1) is 11.6 Å². The molecule has 6 heteroatoms. The molecule has 144 valence electrons. The molecule has 1 atom stereocenters. The first-order chi connectivity index (χ1) is 14.0. The molecule has 3 nitrogen and oxygen atoms in total. The Bertz CT molecular complexity index is 1160. The normalized spacial score (nSPS) is 15.8. The number of thioether (sulfide) groups is 1. The van der Waals surface area contributed by atoms with Crippen LogP contribution in [0, 0.1) is 17.1 Å². The van der Waals surface area contributed by atoms with Crippen molar-refractivity contribution >= 4 is 23.4 Å². The van der Waals surface area contributed by atoms with Gasteiger partial charge in [-0.05, 0) is 36.8 Å². The Morgan fingerprint density at radius 1 is 1.21 bits per heavy atom. The first-order valence-corrected chi connectivity index (χ1v) is 10.3. The summed E-state index contributed by atoms with van der Waals surface area (Å²) in [5.41, 5.74) is 3.05. The van der Waals surface area contributed by atoms with Gasteiger partial charge >= 0.3 is 0 Å². The van der Waals surface area contributed by atoms with E-state index in [1.807, 2.05) is 42.0 Å². The van der Waals surface area contributed by atoms with Gasteiger partial charge in [0.2, 0.25) is 0 Å². The number of aromatic nitrogens is 2. The van der Waals surface area contributed by atoms with Gasteiger partial charge in [0, 0.05) is 28.5 Å². The Labute approximate surface area is 178 Å². The first kappa shape index (κ1) is 19.5. The predicted molar refractivity (Wildman–Crippen MR) is 116 cm³/mol. The number of allylic oxidation sites excluding steroid dienone is 3. The van der Waals surface area contributed by atoms with Gasteiger partial charge in [-0.3, -0.25) is 0 Å². The molecular formula is C23H17ClFN3S. The molecule has 1 aliphatic carbocycles. The standard InChI is InChI=1S/C23H17ClFN3S/c1-28-22(17-3-2-4-19(25)13-17)27-21(16-7-5-15(14-26)6-8-16)23(28)29-20-11-9-18(24)10-12-20/h2-11,13,20H,12H2,1H3. The zero-order valence-corrected chi connectivity index (χ0v) is 17.2. The van der Waals surface area contributed by atoms with Gasteiger partial charge in [0.25, 0.3) is 0 Å². The van der Waals surface area contributed by atoms with E-state index >= 15 is 0 Å². The largest absolute Gasteiger partial charge is 0.322 e. The van der Waals surface area contributed by atoms with Gasteiger partial charge < -0.3 is 4.57 Å². The maximum atomic E-state index is 13.8. The molecule has 0 amide bonds. The molecule has 0 spiro atoms. The smallest absolute Gasteiger partial charge is 0.141 e. The lowest BCUT2D eigenvalue weighted by molar-refractivity contribution is 0.628. The molecule has 3 aromatic rings. The Balaban J connectivity index is 1.80. The van der Waals surface area contributed by atoms with Gasteiger partial charge in [-0.1, -0.05) is 59.8 Å². The van der Waals surface area contributed by atoms with Crippen molar-refractivity contribution in [2.24, 2.45) is 7.05 Å². The summed E-state index contributed by atoms with van der Waals surface area (Å²) in [6.45, 7) is 0. The lowest BCUT2D eigenvalue weighted by Crippen LogP contribution is -2.03. The zero-order valence-electron chi connectivity index (χ0n) is 15.6. The highest BCUT2D eigenvalue weighted by atomic mass is 35.5. The Morgan fingerprint density at radius 2 is 2.00 bits per heavy atom. The first-order valence-electron chi connectivity index (χ1n) is 9.09. The second kappa shape index (κ2) is 8.28. The van der Waals surface area contributed by atoms with Crippen molar-refractivity contribution in [1.29, 1.82) is 5.26 Å². The van der Waals surface area contributed by atoms with Crippen molar-refractivity contribution in [2.45, 2.75) is 16.7 Å². The van der Waals surface area contributed by atoms with Crippen molar-refractivity contribution < 1.29 is 4.39 Å². The molecule has 2 aromatic carbocycles. The molecule has 29 heavy (non-hydrogen) atoms. The number of hydrogen-bond acceptors (Lipinski definition) is 3. The predicted octanol–water partition coefficient (Wildman–Crippen LogP) is 6.31. The van der Waals surface area contributed by atoms with Crippen LogP contribution >= 0.6 is 23.4 Å². The lowest BCUT2D eigenvalue weighted by atomic mass is 10.1. The molecular weight excluding hydrogens is 405 g/mol. The van der Waals surface area contributed by atoms with Crippen LogP contribution in [0.5, 0.6) is 0 Å². The number of nitriles is 1. The third-order valence-electron chi connectivity index (χ3n) is 4.69. The van der Waals surface area contributed by atoms with E-state index in [-0.39, 0.29) is 11.1 Å². The number of halogens is 2. The van der Waals surface area contributed by atoms with Gasteiger partial charge in [-0.25, -0.2) is 9.37 Å². The summed E-state index contributed by atoms with van der Waals surface area (Å²) in [6, 6.07) is 15.9. The van der Waals surface area contributed by atoms with Crippen molar-refractivity contribution in [3.8, 4) is 28.7 Å². The maximum absolute atomic E-state index is 13.8. The van der Waals surface area contributed by atoms with E-state index in [9.17, 15) is 4.39 Å². The highest BCUT2D eigenvalue weighted by Crippen LogP contribution is 2.39. The van der Waals surface area contributed by atoms with E-state index in [1.54, 1.807) is 30.0 Å². The second-order valence-corrected chi connectivity index (χ2v) is 8.35. The Morgan fingerprint density at radius 3 is 2.66 bits per heavy atom. The van der Waals surface area contributed by atoms with E-state index in [0.717, 1.165) is 33.3 Å².